The first-order valence-electron chi connectivity index (χ1n) is 7.98. The van der Waals surface area contributed by atoms with Crippen LogP contribution in [0.4, 0.5) is 5.69 Å². The van der Waals surface area contributed by atoms with Gasteiger partial charge in [-0.25, -0.2) is 8.42 Å². The van der Waals surface area contributed by atoms with Gasteiger partial charge in [0.25, 0.3) is 0 Å². The van der Waals surface area contributed by atoms with Gasteiger partial charge < -0.3 is 4.74 Å². The van der Waals surface area contributed by atoms with Crippen molar-refractivity contribution in [2.24, 2.45) is 0 Å². The van der Waals surface area contributed by atoms with Gasteiger partial charge in [-0.15, -0.1) is 0 Å². The number of anilines is 1. The van der Waals surface area contributed by atoms with Crippen LogP contribution >= 0.6 is 0 Å². The third-order valence-electron chi connectivity index (χ3n) is 3.63. The first-order valence-corrected chi connectivity index (χ1v) is 9.83. The molecule has 0 bridgehead atoms. The summed E-state index contributed by atoms with van der Waals surface area (Å²) in [5.74, 6) is 0.787. The number of hydrogen-bond acceptors (Lipinski definition) is 4. The van der Waals surface area contributed by atoms with Crippen LogP contribution in [0, 0.1) is 25.2 Å². The number of hydrogen-bond donors (Lipinski definition) is 0. The summed E-state index contributed by atoms with van der Waals surface area (Å²) < 4.78 is 31.2. The van der Waals surface area contributed by atoms with Crippen molar-refractivity contribution >= 4 is 15.7 Å². The summed E-state index contributed by atoms with van der Waals surface area (Å²) >= 11 is 0. The van der Waals surface area contributed by atoms with Crippen molar-refractivity contribution in [2.45, 2.75) is 20.3 Å². The quantitative estimate of drug-likeness (QED) is 0.711. The van der Waals surface area contributed by atoms with Gasteiger partial charge in [-0.05, 0) is 55.3 Å². The van der Waals surface area contributed by atoms with Crippen molar-refractivity contribution in [3.05, 3.63) is 59.2 Å². The van der Waals surface area contributed by atoms with E-state index in [1.54, 1.807) is 24.3 Å². The lowest BCUT2D eigenvalue weighted by Gasteiger charge is -2.22. The molecule has 2 rings (SSSR count). The van der Waals surface area contributed by atoms with E-state index in [-0.39, 0.29) is 0 Å². The van der Waals surface area contributed by atoms with Gasteiger partial charge in [0.15, 0.2) is 0 Å². The van der Waals surface area contributed by atoms with E-state index in [0.717, 1.165) is 23.1 Å². The lowest BCUT2D eigenvalue weighted by Crippen LogP contribution is -2.31. The highest BCUT2D eigenvalue weighted by Crippen LogP contribution is 2.20. The molecular weight excluding hydrogens is 336 g/mol. The molecule has 0 heterocycles. The van der Waals surface area contributed by atoms with Crippen LogP contribution < -0.4 is 9.04 Å². The number of benzene rings is 2. The zero-order chi connectivity index (χ0) is 18.4. The summed E-state index contributed by atoms with van der Waals surface area (Å²) in [6.07, 6.45) is 1.70. The van der Waals surface area contributed by atoms with Gasteiger partial charge in [0.2, 0.25) is 10.0 Å². The zero-order valence-corrected chi connectivity index (χ0v) is 15.5. The van der Waals surface area contributed by atoms with Crippen LogP contribution in [0.3, 0.4) is 0 Å². The standard InChI is InChI=1S/C19H22N2O3S/c1-15-10-16(2)12-19(11-15)24-9-5-8-21(25(3,22)23)18-7-4-6-17(13-18)14-20/h4,6-7,10-13H,5,8-9H2,1-3H3. The number of aryl methyl sites for hydroxylation is 2. The molecule has 0 aliphatic carbocycles. The maximum Gasteiger partial charge on any atom is 0.232 e. The number of sulfonamides is 1. The fourth-order valence-electron chi connectivity index (χ4n) is 2.63. The van der Waals surface area contributed by atoms with E-state index >= 15 is 0 Å². The van der Waals surface area contributed by atoms with Crippen LogP contribution in [-0.4, -0.2) is 27.8 Å². The fourth-order valence-corrected chi connectivity index (χ4v) is 3.59. The molecule has 0 spiro atoms. The number of nitriles is 1. The van der Waals surface area contributed by atoms with Crippen LogP contribution in [0.1, 0.15) is 23.1 Å². The molecule has 0 saturated heterocycles. The molecule has 0 N–H and O–H groups in total. The van der Waals surface area contributed by atoms with Gasteiger partial charge in [0, 0.05) is 13.0 Å². The topological polar surface area (TPSA) is 70.4 Å². The Labute approximate surface area is 149 Å². The summed E-state index contributed by atoms with van der Waals surface area (Å²) in [6, 6.07) is 14.6. The lowest BCUT2D eigenvalue weighted by atomic mass is 10.1. The summed E-state index contributed by atoms with van der Waals surface area (Å²) in [5, 5.41) is 8.99. The van der Waals surface area contributed by atoms with Crippen LogP contribution in [-0.2, 0) is 10.0 Å². The first kappa shape index (κ1) is 18.8. The predicted octanol–water partition coefficient (Wildman–Crippen LogP) is 3.41. The van der Waals surface area contributed by atoms with E-state index < -0.39 is 10.0 Å². The van der Waals surface area contributed by atoms with E-state index in [1.165, 1.54) is 4.31 Å². The Bertz CT molecular complexity index is 866. The molecular formula is C19H22N2O3S. The van der Waals surface area contributed by atoms with Crippen LogP contribution in [0.2, 0.25) is 0 Å². The summed E-state index contributed by atoms with van der Waals surface area (Å²) in [4.78, 5) is 0. The molecule has 0 saturated carbocycles. The minimum atomic E-state index is -3.43. The Morgan fingerprint density at radius 3 is 2.40 bits per heavy atom. The molecule has 25 heavy (non-hydrogen) atoms. The van der Waals surface area contributed by atoms with Gasteiger partial charge in [-0.1, -0.05) is 12.1 Å². The van der Waals surface area contributed by atoms with Crippen molar-refractivity contribution in [1.29, 1.82) is 5.26 Å². The number of rotatable bonds is 7. The summed E-state index contributed by atoms with van der Waals surface area (Å²) in [6.45, 7) is 4.71. The third-order valence-corrected chi connectivity index (χ3v) is 4.83. The first-order chi connectivity index (χ1) is 11.8. The number of ether oxygens (including phenoxy) is 1. The minimum Gasteiger partial charge on any atom is -0.494 e. The van der Waals surface area contributed by atoms with Crippen molar-refractivity contribution in [3.63, 3.8) is 0 Å². The van der Waals surface area contributed by atoms with Crippen molar-refractivity contribution < 1.29 is 13.2 Å². The monoisotopic (exact) mass is 358 g/mol. The van der Waals surface area contributed by atoms with E-state index in [1.807, 2.05) is 32.0 Å². The molecule has 0 aliphatic rings. The molecule has 0 aliphatic heterocycles. The second kappa shape index (κ2) is 8.04. The normalized spacial score (nSPS) is 11.0. The number of nitrogens with zero attached hydrogens (tertiary/aromatic N) is 2. The molecule has 2 aromatic carbocycles. The molecule has 2 aromatic rings. The van der Waals surface area contributed by atoms with Gasteiger partial charge in [0.1, 0.15) is 5.75 Å². The van der Waals surface area contributed by atoms with E-state index in [9.17, 15) is 8.42 Å². The van der Waals surface area contributed by atoms with Crippen LogP contribution in [0.25, 0.3) is 0 Å². The van der Waals surface area contributed by atoms with Crippen molar-refractivity contribution in [1.82, 2.24) is 0 Å². The van der Waals surface area contributed by atoms with Gasteiger partial charge in [-0.2, -0.15) is 5.26 Å². The fraction of sp³-hybridized carbons (Fsp3) is 0.316. The van der Waals surface area contributed by atoms with Crippen molar-refractivity contribution in [3.8, 4) is 11.8 Å². The highest BCUT2D eigenvalue weighted by molar-refractivity contribution is 7.92. The predicted molar refractivity (Wildman–Crippen MR) is 99.4 cm³/mol. The summed E-state index contributed by atoms with van der Waals surface area (Å²) in [5.41, 5.74) is 3.17. The maximum absolute atomic E-state index is 12.1. The zero-order valence-electron chi connectivity index (χ0n) is 14.7. The Hall–Kier alpha value is -2.52. The van der Waals surface area contributed by atoms with Crippen LogP contribution in [0.5, 0.6) is 5.75 Å². The van der Waals surface area contributed by atoms with Crippen molar-refractivity contribution in [2.75, 3.05) is 23.7 Å². The third kappa shape index (κ3) is 5.50. The largest absolute Gasteiger partial charge is 0.494 e. The van der Waals surface area contributed by atoms with E-state index in [2.05, 4.69) is 6.07 Å². The highest BCUT2D eigenvalue weighted by Gasteiger charge is 2.17. The molecule has 0 radical (unpaired) electrons. The molecule has 0 aromatic heterocycles. The van der Waals surface area contributed by atoms with Crippen LogP contribution in [0.15, 0.2) is 42.5 Å². The van der Waals surface area contributed by atoms with Gasteiger partial charge >= 0.3 is 0 Å². The molecule has 5 nitrogen and oxygen atoms in total. The summed E-state index contributed by atoms with van der Waals surface area (Å²) in [7, 11) is -3.43. The Balaban J connectivity index is 2.02. The van der Waals surface area contributed by atoms with E-state index in [4.69, 9.17) is 10.00 Å². The van der Waals surface area contributed by atoms with E-state index in [0.29, 0.717) is 30.8 Å². The average molecular weight is 358 g/mol. The SMILES string of the molecule is Cc1cc(C)cc(OCCCN(c2cccc(C#N)c2)S(C)(=O)=O)c1. The van der Waals surface area contributed by atoms with Gasteiger partial charge in [0.05, 0.1) is 30.2 Å². The molecule has 0 amide bonds. The lowest BCUT2D eigenvalue weighted by molar-refractivity contribution is 0.313. The molecule has 0 unspecified atom stereocenters. The second-order valence-electron chi connectivity index (χ2n) is 6.02. The Kier molecular flexibility index (Phi) is 6.05. The van der Waals surface area contributed by atoms with Gasteiger partial charge in [-0.3, -0.25) is 4.31 Å². The molecule has 0 fully saturated rings. The molecule has 0 atom stereocenters. The Morgan fingerprint density at radius 1 is 1.12 bits per heavy atom. The Morgan fingerprint density at radius 2 is 1.80 bits per heavy atom. The highest BCUT2D eigenvalue weighted by atomic mass is 32.2. The smallest absolute Gasteiger partial charge is 0.232 e. The molecule has 6 heteroatoms. The second-order valence-corrected chi connectivity index (χ2v) is 7.93. The molecule has 132 valence electrons. The minimum absolute atomic E-state index is 0.290. The maximum atomic E-state index is 12.1. The average Bonchev–Trinajstić information content (AvgIpc) is 2.52.